The molecule has 0 saturated heterocycles. The predicted octanol–water partition coefficient (Wildman–Crippen LogP) is 6.73. The molecule has 0 bridgehead atoms. The minimum atomic E-state index is -0.643. The summed E-state index contributed by atoms with van der Waals surface area (Å²) in [7, 11) is 0. The van der Waals surface area contributed by atoms with E-state index >= 15 is 0 Å². The number of hydrogen-bond acceptors (Lipinski definition) is 3. The molecule has 5 unspecified atom stereocenters. The van der Waals surface area contributed by atoms with Crippen LogP contribution >= 0.6 is 23.5 Å². The lowest BCUT2D eigenvalue weighted by molar-refractivity contribution is -0.137. The van der Waals surface area contributed by atoms with Gasteiger partial charge in [0, 0.05) is 11.7 Å². The van der Waals surface area contributed by atoms with Gasteiger partial charge in [-0.3, -0.25) is 4.79 Å². The SMILES string of the molecule is CC1CCCC1CSCCC(CCCCC(=O)O)SCC1CCCC1C. The van der Waals surface area contributed by atoms with Crippen molar-refractivity contribution in [2.45, 2.75) is 89.7 Å². The van der Waals surface area contributed by atoms with Gasteiger partial charge in [0.1, 0.15) is 0 Å². The van der Waals surface area contributed by atoms with Gasteiger partial charge in [-0.1, -0.05) is 46.0 Å². The van der Waals surface area contributed by atoms with Crippen molar-refractivity contribution in [3.05, 3.63) is 0 Å². The number of hydrogen-bond donors (Lipinski definition) is 1. The third-order valence-electron chi connectivity index (χ3n) is 6.71. The van der Waals surface area contributed by atoms with Gasteiger partial charge < -0.3 is 5.11 Å². The van der Waals surface area contributed by atoms with Gasteiger partial charge in [-0.25, -0.2) is 0 Å². The number of carbonyl (C=O) groups is 1. The first kappa shape index (κ1) is 22.5. The first-order valence-corrected chi connectivity index (χ1v) is 13.2. The molecule has 4 heteroatoms. The van der Waals surface area contributed by atoms with E-state index in [0.717, 1.165) is 41.8 Å². The molecule has 2 aliphatic rings. The molecule has 0 spiro atoms. The van der Waals surface area contributed by atoms with E-state index in [1.165, 1.54) is 68.6 Å². The summed E-state index contributed by atoms with van der Waals surface area (Å²) in [5.74, 6) is 7.07. The van der Waals surface area contributed by atoms with Gasteiger partial charge in [0.05, 0.1) is 0 Å². The summed E-state index contributed by atoms with van der Waals surface area (Å²) in [5.41, 5.74) is 0. The second-order valence-electron chi connectivity index (χ2n) is 8.79. The molecule has 26 heavy (non-hydrogen) atoms. The van der Waals surface area contributed by atoms with E-state index in [4.69, 9.17) is 5.11 Å². The second kappa shape index (κ2) is 12.6. The Labute approximate surface area is 170 Å². The monoisotopic (exact) mass is 400 g/mol. The van der Waals surface area contributed by atoms with Crippen LogP contribution in [0.1, 0.15) is 84.5 Å². The van der Waals surface area contributed by atoms with Crippen LogP contribution in [0.3, 0.4) is 0 Å². The highest BCUT2D eigenvalue weighted by Crippen LogP contribution is 2.37. The number of rotatable bonds is 13. The molecule has 2 fully saturated rings. The molecule has 0 aromatic heterocycles. The van der Waals surface area contributed by atoms with Gasteiger partial charge in [0.2, 0.25) is 0 Å². The fraction of sp³-hybridized carbons (Fsp3) is 0.955. The van der Waals surface area contributed by atoms with Crippen molar-refractivity contribution in [2.24, 2.45) is 23.7 Å². The molecule has 0 heterocycles. The Bertz CT molecular complexity index is 402. The Hall–Kier alpha value is 0.170. The zero-order valence-electron chi connectivity index (χ0n) is 17.0. The van der Waals surface area contributed by atoms with Gasteiger partial charge in [-0.2, -0.15) is 23.5 Å². The van der Waals surface area contributed by atoms with E-state index < -0.39 is 5.97 Å². The first-order chi connectivity index (χ1) is 12.6. The molecule has 152 valence electrons. The average Bonchev–Trinajstić information content (AvgIpc) is 3.20. The molecule has 2 nitrogen and oxygen atoms in total. The average molecular weight is 401 g/mol. The van der Waals surface area contributed by atoms with Crippen molar-refractivity contribution in [2.75, 3.05) is 17.3 Å². The molecular weight excluding hydrogens is 360 g/mol. The van der Waals surface area contributed by atoms with Crippen LogP contribution in [-0.2, 0) is 4.79 Å². The Morgan fingerprint density at radius 2 is 1.62 bits per heavy atom. The number of thioether (sulfide) groups is 2. The van der Waals surface area contributed by atoms with Crippen LogP contribution < -0.4 is 0 Å². The minimum absolute atomic E-state index is 0.339. The van der Waals surface area contributed by atoms with E-state index in [0.29, 0.717) is 6.42 Å². The molecule has 2 rings (SSSR count). The van der Waals surface area contributed by atoms with Crippen LogP contribution in [0.2, 0.25) is 0 Å². The maximum Gasteiger partial charge on any atom is 0.303 e. The molecule has 0 aliphatic heterocycles. The number of aliphatic carboxylic acids is 1. The molecular formula is C22H40O2S2. The smallest absolute Gasteiger partial charge is 0.303 e. The minimum Gasteiger partial charge on any atom is -0.481 e. The molecule has 0 radical (unpaired) electrons. The van der Waals surface area contributed by atoms with E-state index in [9.17, 15) is 4.79 Å². The summed E-state index contributed by atoms with van der Waals surface area (Å²) in [5, 5.41) is 9.59. The van der Waals surface area contributed by atoms with Crippen LogP contribution in [0.25, 0.3) is 0 Å². The van der Waals surface area contributed by atoms with Crippen LogP contribution in [0.5, 0.6) is 0 Å². The van der Waals surface area contributed by atoms with Gasteiger partial charge in [0.25, 0.3) is 0 Å². The molecule has 2 aliphatic carbocycles. The Morgan fingerprint density at radius 1 is 0.962 bits per heavy atom. The summed E-state index contributed by atoms with van der Waals surface area (Å²) in [6.07, 6.45) is 13.4. The fourth-order valence-corrected chi connectivity index (χ4v) is 7.81. The van der Waals surface area contributed by atoms with E-state index in [2.05, 4.69) is 37.4 Å². The van der Waals surface area contributed by atoms with Gasteiger partial charge >= 0.3 is 5.97 Å². The Kier molecular flexibility index (Phi) is 10.9. The maximum absolute atomic E-state index is 10.7. The van der Waals surface area contributed by atoms with Crippen LogP contribution in [0.4, 0.5) is 0 Å². The van der Waals surface area contributed by atoms with E-state index in [1.54, 1.807) is 0 Å². The zero-order chi connectivity index (χ0) is 18.8. The molecule has 0 aromatic carbocycles. The van der Waals surface area contributed by atoms with Crippen molar-refractivity contribution in [1.82, 2.24) is 0 Å². The normalized spacial score (nSPS) is 29.9. The quantitative estimate of drug-likeness (QED) is 0.348. The lowest BCUT2D eigenvalue weighted by Crippen LogP contribution is -2.13. The van der Waals surface area contributed by atoms with Crippen molar-refractivity contribution in [3.8, 4) is 0 Å². The number of carboxylic acids is 1. The van der Waals surface area contributed by atoms with Crippen molar-refractivity contribution >= 4 is 29.5 Å². The van der Waals surface area contributed by atoms with Crippen LogP contribution in [0.15, 0.2) is 0 Å². The lowest BCUT2D eigenvalue weighted by Gasteiger charge is -2.21. The summed E-state index contributed by atoms with van der Waals surface area (Å²) in [6, 6.07) is 0. The van der Waals surface area contributed by atoms with Gasteiger partial charge in [-0.05, 0) is 73.0 Å². The standard InChI is InChI=1S/C22H40O2S2/c1-17-7-5-9-19(17)15-25-14-13-21(11-3-4-12-22(23)24)26-16-20-10-6-8-18(20)2/h17-21H,3-16H2,1-2H3,(H,23,24). The van der Waals surface area contributed by atoms with Crippen LogP contribution in [0, 0.1) is 23.7 Å². The predicted molar refractivity (Wildman–Crippen MR) is 117 cm³/mol. The second-order valence-corrected chi connectivity index (χ2v) is 11.3. The molecule has 5 atom stereocenters. The summed E-state index contributed by atoms with van der Waals surface area (Å²) in [6.45, 7) is 4.86. The van der Waals surface area contributed by atoms with Crippen molar-refractivity contribution < 1.29 is 9.90 Å². The van der Waals surface area contributed by atoms with Crippen LogP contribution in [-0.4, -0.2) is 33.6 Å². The molecule has 2 saturated carbocycles. The third-order valence-corrected chi connectivity index (χ3v) is 9.46. The van der Waals surface area contributed by atoms with Gasteiger partial charge in [0.15, 0.2) is 0 Å². The van der Waals surface area contributed by atoms with E-state index in [-0.39, 0.29) is 0 Å². The summed E-state index contributed by atoms with van der Waals surface area (Å²) in [4.78, 5) is 10.7. The molecule has 0 amide bonds. The topological polar surface area (TPSA) is 37.3 Å². The Balaban J connectivity index is 1.65. The zero-order valence-corrected chi connectivity index (χ0v) is 18.6. The summed E-state index contributed by atoms with van der Waals surface area (Å²) >= 11 is 4.38. The van der Waals surface area contributed by atoms with E-state index in [1.807, 2.05) is 0 Å². The van der Waals surface area contributed by atoms with Gasteiger partial charge in [-0.15, -0.1) is 0 Å². The third kappa shape index (κ3) is 8.46. The molecule has 0 aromatic rings. The largest absolute Gasteiger partial charge is 0.481 e. The highest BCUT2D eigenvalue weighted by Gasteiger charge is 2.25. The van der Waals surface area contributed by atoms with Crippen molar-refractivity contribution in [1.29, 1.82) is 0 Å². The summed E-state index contributed by atoms with van der Waals surface area (Å²) < 4.78 is 0. The fourth-order valence-electron chi connectivity index (χ4n) is 4.61. The number of carboxylic acid groups (broad SMARTS) is 1. The maximum atomic E-state index is 10.7. The van der Waals surface area contributed by atoms with Crippen molar-refractivity contribution in [3.63, 3.8) is 0 Å². The molecule has 1 N–H and O–H groups in total. The highest BCUT2D eigenvalue weighted by atomic mass is 32.2. The number of unbranched alkanes of at least 4 members (excludes halogenated alkanes) is 1. The first-order valence-electron chi connectivity index (χ1n) is 11.0. The Morgan fingerprint density at radius 3 is 2.19 bits per heavy atom. The lowest BCUT2D eigenvalue weighted by atomic mass is 10.0. The highest BCUT2D eigenvalue weighted by molar-refractivity contribution is 8.00.